The standard InChI is InChI=1S/C54H85N3O2/c1-4-16-41(17-5-1)55-47-23-10-12-25-52(47)58-44-22-14-15-37(33-44)38-27-30-48-45(34-38)46-35-39(28-31-49(46)56(48)42-18-6-2-7-19-42)40-29-32-51-54(36-40)59-53-26-13-11-24-50(53)57(51)43-20-8-3-9-21-43/h14-15,28,31,36-53,55H,1-13,16-27,29-30,32-35H2. The van der Waals surface area contributed by atoms with Crippen LogP contribution < -0.4 is 5.32 Å². The normalized spacial score (nSPS) is 45.5. The number of allylic oxidation sites excluding steroid dienone is 3. The minimum Gasteiger partial charge on any atom is -0.492 e. The van der Waals surface area contributed by atoms with Crippen LogP contribution in [0.4, 0.5) is 0 Å². The van der Waals surface area contributed by atoms with Crippen molar-refractivity contribution in [2.24, 2.45) is 35.5 Å². The molecule has 0 aromatic rings. The number of rotatable bonds is 8. The average Bonchev–Trinajstić information content (AvgIpc) is 3.63. The smallest absolute Gasteiger partial charge is 0.114 e. The van der Waals surface area contributed by atoms with Crippen molar-refractivity contribution in [1.82, 2.24) is 15.1 Å². The van der Waals surface area contributed by atoms with Crippen LogP contribution in [0.5, 0.6) is 0 Å². The van der Waals surface area contributed by atoms with Gasteiger partial charge in [0.15, 0.2) is 0 Å². The van der Waals surface area contributed by atoms with Crippen LogP contribution in [0, 0.1) is 35.5 Å². The molecule has 1 N–H and O–H groups in total. The molecule has 2 heterocycles. The predicted octanol–water partition coefficient (Wildman–Crippen LogP) is 12.2. The van der Waals surface area contributed by atoms with E-state index in [9.17, 15) is 0 Å². The molecule has 11 rings (SSSR count). The van der Waals surface area contributed by atoms with Crippen LogP contribution in [-0.4, -0.2) is 76.4 Å². The molecule has 5 heteroatoms. The summed E-state index contributed by atoms with van der Waals surface area (Å²) in [4.78, 5) is 6.28. The van der Waals surface area contributed by atoms with E-state index in [2.05, 4.69) is 45.5 Å². The lowest BCUT2D eigenvalue weighted by Gasteiger charge is -2.55. The first-order chi connectivity index (χ1) is 29.2. The third-order valence-electron chi connectivity index (χ3n) is 19.5. The maximum absolute atomic E-state index is 7.22. The Morgan fingerprint density at radius 3 is 2.10 bits per heavy atom. The van der Waals surface area contributed by atoms with Gasteiger partial charge in [-0.2, -0.15) is 0 Å². The Kier molecular flexibility index (Phi) is 12.8. The first-order valence-electron chi connectivity index (χ1n) is 26.9. The molecule has 11 aliphatic rings. The van der Waals surface area contributed by atoms with Crippen molar-refractivity contribution in [2.75, 3.05) is 0 Å². The van der Waals surface area contributed by atoms with Gasteiger partial charge in [-0.1, -0.05) is 101 Å². The highest BCUT2D eigenvalue weighted by Crippen LogP contribution is 2.55. The van der Waals surface area contributed by atoms with Gasteiger partial charge in [-0.05, 0) is 164 Å². The monoisotopic (exact) mass is 808 g/mol. The van der Waals surface area contributed by atoms with E-state index < -0.39 is 0 Å². The minimum atomic E-state index is 0.418. The number of nitrogens with zero attached hydrogens (tertiary/aromatic N) is 2. The Hall–Kier alpha value is -1.14. The van der Waals surface area contributed by atoms with Crippen LogP contribution in [0.3, 0.4) is 0 Å². The molecule has 2 aliphatic heterocycles. The van der Waals surface area contributed by atoms with Gasteiger partial charge in [0, 0.05) is 42.3 Å². The maximum atomic E-state index is 7.22. The van der Waals surface area contributed by atoms with Crippen LogP contribution in [0.2, 0.25) is 0 Å². The number of hydrogen-bond acceptors (Lipinski definition) is 5. The first-order valence-corrected chi connectivity index (χ1v) is 26.9. The molecule has 5 nitrogen and oxygen atoms in total. The number of likely N-dealkylation sites (tertiary alicyclic amines) is 1. The van der Waals surface area contributed by atoms with Gasteiger partial charge in [-0.25, -0.2) is 0 Å². The van der Waals surface area contributed by atoms with Crippen LogP contribution in [0.1, 0.15) is 199 Å². The highest BCUT2D eigenvalue weighted by Gasteiger charge is 2.55. The third-order valence-corrected chi connectivity index (χ3v) is 19.5. The molecule has 0 aromatic carbocycles. The zero-order valence-electron chi connectivity index (χ0n) is 37.3. The lowest BCUT2D eigenvalue weighted by molar-refractivity contribution is -0.107. The molecule has 59 heavy (non-hydrogen) atoms. The predicted molar refractivity (Wildman–Crippen MR) is 241 cm³/mol. The van der Waals surface area contributed by atoms with Crippen LogP contribution in [-0.2, 0) is 9.47 Å². The largest absolute Gasteiger partial charge is 0.492 e. The van der Waals surface area contributed by atoms with Gasteiger partial charge < -0.3 is 14.8 Å². The molecule has 2 saturated heterocycles. The van der Waals surface area contributed by atoms with Crippen molar-refractivity contribution in [3.05, 3.63) is 36.1 Å². The van der Waals surface area contributed by atoms with E-state index in [1.807, 2.05) is 0 Å². The van der Waals surface area contributed by atoms with Gasteiger partial charge in [-0.15, -0.1) is 0 Å². The summed E-state index contributed by atoms with van der Waals surface area (Å²) in [7, 11) is 0. The van der Waals surface area contributed by atoms with Gasteiger partial charge >= 0.3 is 0 Å². The lowest BCUT2D eigenvalue weighted by Crippen LogP contribution is -2.61. The molecule has 328 valence electrons. The van der Waals surface area contributed by atoms with E-state index in [1.165, 1.54) is 198 Å². The van der Waals surface area contributed by atoms with E-state index in [1.54, 1.807) is 0 Å². The molecule has 0 amide bonds. The molecule has 6 saturated carbocycles. The second kappa shape index (κ2) is 18.5. The Balaban J connectivity index is 0.786. The van der Waals surface area contributed by atoms with Crippen molar-refractivity contribution >= 4 is 0 Å². The molecule has 0 bridgehead atoms. The fraction of sp³-hybridized carbons (Fsp3) is 0.889. The van der Waals surface area contributed by atoms with E-state index in [-0.39, 0.29) is 0 Å². The molecule has 0 radical (unpaired) electrons. The average molecular weight is 808 g/mol. The summed E-state index contributed by atoms with van der Waals surface area (Å²) in [5.41, 5.74) is 0. The summed E-state index contributed by atoms with van der Waals surface area (Å²) in [5.74, 6) is 6.00. The second-order valence-electron chi connectivity index (χ2n) is 22.8. The summed E-state index contributed by atoms with van der Waals surface area (Å²) >= 11 is 0. The summed E-state index contributed by atoms with van der Waals surface area (Å²) < 4.78 is 14.4. The molecule has 14 unspecified atom stereocenters. The van der Waals surface area contributed by atoms with Crippen LogP contribution in [0.25, 0.3) is 0 Å². The molecule has 14 atom stereocenters. The van der Waals surface area contributed by atoms with Gasteiger partial charge in [0.25, 0.3) is 0 Å². The summed E-state index contributed by atoms with van der Waals surface area (Å²) in [6.07, 6.45) is 57.9. The molecule has 0 spiro atoms. The summed E-state index contributed by atoms with van der Waals surface area (Å²) in [6, 6.07) is 5.66. The van der Waals surface area contributed by atoms with Crippen molar-refractivity contribution < 1.29 is 9.47 Å². The van der Waals surface area contributed by atoms with E-state index in [0.29, 0.717) is 60.2 Å². The molecular formula is C54H85N3O2. The van der Waals surface area contributed by atoms with Gasteiger partial charge in [0.1, 0.15) is 11.9 Å². The maximum Gasteiger partial charge on any atom is 0.114 e. The fourth-order valence-corrected chi connectivity index (χ4v) is 16.7. The van der Waals surface area contributed by atoms with Crippen LogP contribution >= 0.6 is 0 Å². The molecule has 9 aliphatic carbocycles. The van der Waals surface area contributed by atoms with Crippen LogP contribution in [0.15, 0.2) is 36.1 Å². The van der Waals surface area contributed by atoms with Gasteiger partial charge in [-0.3, -0.25) is 9.80 Å². The SMILES string of the molecule is C1=CC(C2CCC3C(C2)C2CC(C4C=C5OC6CCCCC6N(C6CCCCC6)C5CC4)C=CC2N3C2CCCCC2)CC(OC2CCCCC2NC2CCCCC2)C1. The van der Waals surface area contributed by atoms with Crippen molar-refractivity contribution in [1.29, 1.82) is 0 Å². The summed E-state index contributed by atoms with van der Waals surface area (Å²) in [5, 5.41) is 4.16. The number of ether oxygens (including phenoxy) is 2. The Morgan fingerprint density at radius 2 is 1.27 bits per heavy atom. The highest BCUT2D eigenvalue weighted by molar-refractivity contribution is 5.22. The zero-order valence-corrected chi connectivity index (χ0v) is 37.3. The third kappa shape index (κ3) is 8.50. The number of fused-ring (bicyclic) bond motifs is 5. The van der Waals surface area contributed by atoms with Gasteiger partial charge in [0.2, 0.25) is 0 Å². The highest BCUT2D eigenvalue weighted by atomic mass is 16.5. The van der Waals surface area contributed by atoms with E-state index in [0.717, 1.165) is 48.3 Å². The number of hydrogen-bond donors (Lipinski definition) is 1. The minimum absolute atomic E-state index is 0.418. The number of nitrogens with one attached hydrogen (secondary N) is 1. The number of morpholine rings is 1. The lowest BCUT2D eigenvalue weighted by atomic mass is 9.64. The Morgan fingerprint density at radius 1 is 0.542 bits per heavy atom. The molecule has 8 fully saturated rings. The van der Waals surface area contributed by atoms with Crippen molar-refractivity contribution in [3.8, 4) is 0 Å². The van der Waals surface area contributed by atoms with E-state index in [4.69, 9.17) is 9.47 Å². The quantitative estimate of drug-likeness (QED) is 0.247. The van der Waals surface area contributed by atoms with Gasteiger partial charge in [0.05, 0.1) is 18.2 Å². The molecular weight excluding hydrogens is 723 g/mol. The first kappa shape index (κ1) is 40.6. The molecule has 0 aromatic heterocycles. The van der Waals surface area contributed by atoms with Crippen molar-refractivity contribution in [2.45, 2.75) is 266 Å². The zero-order chi connectivity index (χ0) is 39.1. The van der Waals surface area contributed by atoms with Crippen molar-refractivity contribution in [3.63, 3.8) is 0 Å². The Bertz CT molecular complexity index is 1470. The van der Waals surface area contributed by atoms with E-state index >= 15 is 0 Å². The topological polar surface area (TPSA) is 37.0 Å². The fourth-order valence-electron chi connectivity index (χ4n) is 16.7. The second-order valence-corrected chi connectivity index (χ2v) is 22.8. The Labute approximate surface area is 360 Å². The summed E-state index contributed by atoms with van der Waals surface area (Å²) in [6.45, 7) is 0.